The van der Waals surface area contributed by atoms with Gasteiger partial charge in [0.25, 0.3) is 5.91 Å². The molecule has 0 saturated heterocycles. The standard InChI is InChI=1S/C17H19Cl2NO4S/c1-8(2)7-20-16(21)9(3)24-17(22)15-12(18)10-5-6-11(23-4)13(19)14(10)25-15/h5-6,8-9H,7H2,1-4H3,(H,20,21)/t9-/m0/s1. The topological polar surface area (TPSA) is 64.6 Å². The number of fused-ring (bicyclic) bond motifs is 1. The summed E-state index contributed by atoms with van der Waals surface area (Å²) in [6, 6.07) is 3.41. The Hall–Kier alpha value is -1.50. The molecule has 8 heteroatoms. The number of amides is 1. The van der Waals surface area contributed by atoms with Crippen LogP contribution in [0.2, 0.25) is 10.0 Å². The van der Waals surface area contributed by atoms with Crippen LogP contribution in [0.15, 0.2) is 12.1 Å². The summed E-state index contributed by atoms with van der Waals surface area (Å²) in [5.74, 6) is -0.207. The number of hydrogen-bond donors (Lipinski definition) is 1. The van der Waals surface area contributed by atoms with Gasteiger partial charge in [0.05, 0.1) is 16.8 Å². The maximum atomic E-state index is 12.4. The van der Waals surface area contributed by atoms with Gasteiger partial charge in [-0.15, -0.1) is 11.3 Å². The van der Waals surface area contributed by atoms with Crippen molar-refractivity contribution in [2.45, 2.75) is 26.9 Å². The number of benzene rings is 1. The zero-order valence-electron chi connectivity index (χ0n) is 14.3. The molecule has 1 heterocycles. The SMILES string of the molecule is COc1ccc2c(Cl)c(C(=O)O[C@@H](C)C(=O)NCC(C)C)sc2c1Cl. The highest BCUT2D eigenvalue weighted by Gasteiger charge is 2.25. The third-order valence-corrected chi connectivity index (χ3v) is 5.64. The summed E-state index contributed by atoms with van der Waals surface area (Å²) in [6.45, 7) is 5.99. The Balaban J connectivity index is 2.20. The second-order valence-electron chi connectivity index (χ2n) is 5.89. The summed E-state index contributed by atoms with van der Waals surface area (Å²) in [6.07, 6.45) is -0.919. The van der Waals surface area contributed by atoms with Gasteiger partial charge in [-0.3, -0.25) is 4.79 Å². The van der Waals surface area contributed by atoms with E-state index in [-0.39, 0.29) is 15.8 Å². The molecule has 0 radical (unpaired) electrons. The Kier molecular flexibility index (Phi) is 6.54. The fraction of sp³-hybridized carbons (Fsp3) is 0.412. The van der Waals surface area contributed by atoms with Gasteiger partial charge >= 0.3 is 5.97 Å². The summed E-state index contributed by atoms with van der Waals surface area (Å²) < 4.78 is 11.0. The molecule has 136 valence electrons. The van der Waals surface area contributed by atoms with Gasteiger partial charge in [-0.2, -0.15) is 0 Å². The third-order valence-electron chi connectivity index (χ3n) is 3.44. The lowest BCUT2D eigenvalue weighted by Gasteiger charge is -2.14. The smallest absolute Gasteiger partial charge is 0.350 e. The van der Waals surface area contributed by atoms with E-state index in [4.69, 9.17) is 32.7 Å². The highest BCUT2D eigenvalue weighted by atomic mass is 35.5. The molecule has 1 N–H and O–H groups in total. The number of carbonyl (C=O) groups excluding carboxylic acids is 2. The van der Waals surface area contributed by atoms with Gasteiger partial charge in [0.1, 0.15) is 15.6 Å². The second kappa shape index (κ2) is 8.25. The Labute approximate surface area is 160 Å². The molecule has 1 amide bonds. The molecule has 0 aliphatic rings. The van der Waals surface area contributed by atoms with Crippen LogP contribution in [0.3, 0.4) is 0 Å². The lowest BCUT2D eigenvalue weighted by Crippen LogP contribution is -2.37. The van der Waals surface area contributed by atoms with Crippen LogP contribution in [0.25, 0.3) is 10.1 Å². The van der Waals surface area contributed by atoms with Gasteiger partial charge in [-0.25, -0.2) is 4.79 Å². The predicted molar refractivity (Wildman–Crippen MR) is 101 cm³/mol. The number of esters is 1. The molecule has 0 bridgehead atoms. The van der Waals surface area contributed by atoms with Crippen molar-refractivity contribution >= 4 is 56.5 Å². The molecule has 0 aliphatic carbocycles. The maximum absolute atomic E-state index is 12.4. The number of nitrogens with one attached hydrogen (secondary N) is 1. The van der Waals surface area contributed by atoms with E-state index in [1.165, 1.54) is 14.0 Å². The lowest BCUT2D eigenvalue weighted by molar-refractivity contribution is -0.129. The van der Waals surface area contributed by atoms with Crippen LogP contribution >= 0.6 is 34.5 Å². The van der Waals surface area contributed by atoms with E-state index < -0.39 is 12.1 Å². The zero-order chi connectivity index (χ0) is 18.7. The molecular formula is C17H19Cl2NO4S. The molecule has 2 rings (SSSR count). The first-order valence-electron chi connectivity index (χ1n) is 7.69. The molecule has 1 aromatic heterocycles. The van der Waals surface area contributed by atoms with Gasteiger partial charge in [0.2, 0.25) is 0 Å². The summed E-state index contributed by atoms with van der Waals surface area (Å²) in [4.78, 5) is 24.6. The van der Waals surface area contributed by atoms with E-state index in [0.717, 1.165) is 11.3 Å². The largest absolute Gasteiger partial charge is 0.495 e. The van der Waals surface area contributed by atoms with Gasteiger partial charge in [-0.1, -0.05) is 37.0 Å². The Bertz CT molecular complexity index is 804. The van der Waals surface area contributed by atoms with Crippen LogP contribution < -0.4 is 10.1 Å². The van der Waals surface area contributed by atoms with E-state index in [0.29, 0.717) is 33.3 Å². The molecule has 2 aromatic rings. The minimum absolute atomic E-state index is 0.204. The quantitative estimate of drug-likeness (QED) is 0.719. The van der Waals surface area contributed by atoms with Crippen LogP contribution in [0.1, 0.15) is 30.4 Å². The summed E-state index contributed by atoms with van der Waals surface area (Å²) in [5.41, 5.74) is 0. The first-order valence-corrected chi connectivity index (χ1v) is 9.26. The van der Waals surface area contributed by atoms with E-state index in [9.17, 15) is 9.59 Å². The molecule has 0 spiro atoms. The monoisotopic (exact) mass is 403 g/mol. The molecule has 5 nitrogen and oxygen atoms in total. The molecule has 1 aromatic carbocycles. The highest BCUT2D eigenvalue weighted by molar-refractivity contribution is 7.22. The average molecular weight is 404 g/mol. The number of rotatable bonds is 6. The minimum atomic E-state index is -0.919. The van der Waals surface area contributed by atoms with Crippen molar-refractivity contribution in [3.05, 3.63) is 27.1 Å². The number of carbonyl (C=O) groups is 2. The van der Waals surface area contributed by atoms with Crippen LogP contribution in [-0.4, -0.2) is 31.6 Å². The van der Waals surface area contributed by atoms with Gasteiger partial charge in [0.15, 0.2) is 6.10 Å². The van der Waals surface area contributed by atoms with Crippen molar-refractivity contribution in [2.75, 3.05) is 13.7 Å². The summed E-state index contributed by atoms with van der Waals surface area (Å²) >= 11 is 13.7. The van der Waals surface area contributed by atoms with Crippen molar-refractivity contribution in [3.63, 3.8) is 0 Å². The number of halogens is 2. The van der Waals surface area contributed by atoms with Crippen molar-refractivity contribution in [2.24, 2.45) is 5.92 Å². The molecular weight excluding hydrogens is 385 g/mol. The number of ether oxygens (including phenoxy) is 2. The van der Waals surface area contributed by atoms with Crippen molar-refractivity contribution in [1.82, 2.24) is 5.32 Å². The maximum Gasteiger partial charge on any atom is 0.350 e. The van der Waals surface area contributed by atoms with Crippen LogP contribution in [0.5, 0.6) is 5.75 Å². The molecule has 0 aliphatic heterocycles. The van der Waals surface area contributed by atoms with Crippen molar-refractivity contribution in [1.29, 1.82) is 0 Å². The fourth-order valence-corrected chi connectivity index (χ4v) is 3.85. The van der Waals surface area contributed by atoms with E-state index in [2.05, 4.69) is 5.32 Å². The van der Waals surface area contributed by atoms with Crippen LogP contribution in [-0.2, 0) is 9.53 Å². The fourth-order valence-electron chi connectivity index (χ4n) is 2.08. The zero-order valence-corrected chi connectivity index (χ0v) is 16.6. The lowest BCUT2D eigenvalue weighted by atomic mass is 10.2. The predicted octanol–water partition coefficient (Wildman–Crippen LogP) is 4.53. The first kappa shape index (κ1) is 19.8. The normalized spacial score (nSPS) is 12.3. The molecule has 1 atom stereocenters. The van der Waals surface area contributed by atoms with Gasteiger partial charge in [-0.05, 0) is 25.0 Å². The summed E-state index contributed by atoms with van der Waals surface area (Å²) in [5, 5.41) is 4.00. The summed E-state index contributed by atoms with van der Waals surface area (Å²) in [7, 11) is 1.51. The average Bonchev–Trinajstić information content (AvgIpc) is 2.90. The minimum Gasteiger partial charge on any atom is -0.495 e. The molecule has 0 fully saturated rings. The van der Waals surface area contributed by atoms with Gasteiger partial charge in [0, 0.05) is 11.9 Å². The van der Waals surface area contributed by atoms with E-state index in [1.807, 2.05) is 13.8 Å². The number of hydrogen-bond acceptors (Lipinski definition) is 5. The van der Waals surface area contributed by atoms with E-state index >= 15 is 0 Å². The van der Waals surface area contributed by atoms with Crippen LogP contribution in [0, 0.1) is 5.92 Å². The van der Waals surface area contributed by atoms with Crippen LogP contribution in [0.4, 0.5) is 0 Å². The Morgan fingerprint density at radius 1 is 1.20 bits per heavy atom. The third kappa shape index (κ3) is 4.37. The number of thiophene rings is 1. The number of methoxy groups -OCH3 is 1. The van der Waals surface area contributed by atoms with E-state index in [1.54, 1.807) is 12.1 Å². The van der Waals surface area contributed by atoms with Crippen molar-refractivity contribution < 1.29 is 19.1 Å². The molecule has 25 heavy (non-hydrogen) atoms. The second-order valence-corrected chi connectivity index (χ2v) is 7.67. The van der Waals surface area contributed by atoms with Gasteiger partial charge < -0.3 is 14.8 Å². The Morgan fingerprint density at radius 3 is 2.48 bits per heavy atom. The van der Waals surface area contributed by atoms with Crippen molar-refractivity contribution in [3.8, 4) is 5.75 Å². The Morgan fingerprint density at radius 2 is 1.88 bits per heavy atom. The molecule has 0 saturated carbocycles. The first-order chi connectivity index (χ1) is 11.8. The molecule has 0 unspecified atom stereocenters. The highest BCUT2D eigenvalue weighted by Crippen LogP contribution is 2.43.